The lowest BCUT2D eigenvalue weighted by atomic mass is 10.1. The first-order valence-corrected chi connectivity index (χ1v) is 17.8. The molecule has 0 aliphatic rings. The monoisotopic (exact) mass is 627 g/mol. The highest BCUT2D eigenvalue weighted by molar-refractivity contribution is 7.45. The molecule has 0 spiro atoms. The van der Waals surface area contributed by atoms with E-state index in [1.807, 2.05) is 21.1 Å². The summed E-state index contributed by atoms with van der Waals surface area (Å²) in [5, 5.41) is 0. The van der Waals surface area contributed by atoms with Gasteiger partial charge in [0.15, 0.2) is 0 Å². The second-order valence-corrected chi connectivity index (χ2v) is 13.2. The van der Waals surface area contributed by atoms with Gasteiger partial charge in [-0.2, -0.15) is 0 Å². The molecule has 0 rings (SSSR count). The van der Waals surface area contributed by atoms with Gasteiger partial charge in [-0.1, -0.05) is 94.6 Å². The Kier molecular flexibility index (Phi) is 27.0. The topological polar surface area (TPSA) is 94.1 Å². The molecule has 0 saturated carbocycles. The fourth-order valence-electron chi connectivity index (χ4n) is 3.83. The van der Waals surface area contributed by atoms with Gasteiger partial charge in [-0.25, -0.2) is 0 Å². The van der Waals surface area contributed by atoms with E-state index < -0.39 is 13.9 Å². The summed E-state index contributed by atoms with van der Waals surface area (Å²) in [6.45, 7) is 5.14. The van der Waals surface area contributed by atoms with Gasteiger partial charge in [0.2, 0.25) is 0 Å². The van der Waals surface area contributed by atoms with E-state index in [9.17, 15) is 14.3 Å². The number of quaternary nitrogens is 1. The number of ether oxygens (including phenoxy) is 2. The summed E-state index contributed by atoms with van der Waals surface area (Å²) in [6, 6.07) is 0. The molecule has 0 bridgehead atoms. The van der Waals surface area contributed by atoms with Crippen LogP contribution in [0.15, 0.2) is 48.6 Å². The third-order valence-corrected chi connectivity index (χ3v) is 7.36. The van der Waals surface area contributed by atoms with Gasteiger partial charge in [-0.15, -0.1) is 0 Å². The van der Waals surface area contributed by atoms with Crippen LogP contribution in [0, 0.1) is 0 Å². The molecule has 8 nitrogen and oxygen atoms in total. The van der Waals surface area contributed by atoms with Gasteiger partial charge in [-0.05, 0) is 51.4 Å². The largest absolute Gasteiger partial charge is 0.756 e. The molecule has 0 radical (unpaired) electrons. The molecule has 0 aromatic rings. The van der Waals surface area contributed by atoms with Crippen molar-refractivity contribution in [1.82, 2.24) is 0 Å². The number of rotatable bonds is 29. The fraction of sp³-hybridized carbons (Fsp3) is 0.735. The summed E-state index contributed by atoms with van der Waals surface area (Å²) in [5.41, 5.74) is 0. The molecule has 0 N–H and O–H groups in total. The molecule has 0 aromatic heterocycles. The van der Waals surface area contributed by atoms with Gasteiger partial charge in [0, 0.05) is 13.0 Å². The Morgan fingerprint density at radius 2 is 1.35 bits per heavy atom. The summed E-state index contributed by atoms with van der Waals surface area (Å²) in [5.74, 6) is -0.381. The lowest BCUT2D eigenvalue weighted by molar-refractivity contribution is -0.870. The maximum Gasteiger partial charge on any atom is 0.306 e. The van der Waals surface area contributed by atoms with Crippen molar-refractivity contribution in [2.24, 2.45) is 0 Å². The van der Waals surface area contributed by atoms with Crippen molar-refractivity contribution in [3.8, 4) is 0 Å². The molecule has 2 unspecified atom stereocenters. The van der Waals surface area contributed by atoms with Gasteiger partial charge in [0.1, 0.15) is 19.3 Å². The van der Waals surface area contributed by atoms with Gasteiger partial charge in [-0.3, -0.25) is 9.36 Å². The smallest absolute Gasteiger partial charge is 0.306 e. The van der Waals surface area contributed by atoms with Crippen molar-refractivity contribution in [3.05, 3.63) is 48.6 Å². The average molecular weight is 628 g/mol. The normalized spacial score (nSPS) is 14.8. The minimum Gasteiger partial charge on any atom is -0.756 e. The number of carbonyl (C=O) groups excluding carboxylic acids is 1. The lowest BCUT2D eigenvalue weighted by Crippen LogP contribution is -2.37. The summed E-state index contributed by atoms with van der Waals surface area (Å²) in [4.78, 5) is 24.7. The van der Waals surface area contributed by atoms with Gasteiger partial charge < -0.3 is 27.9 Å². The second kappa shape index (κ2) is 28.0. The second-order valence-electron chi connectivity index (χ2n) is 11.8. The van der Waals surface area contributed by atoms with Crippen molar-refractivity contribution >= 4 is 13.8 Å². The molecule has 0 aliphatic heterocycles. The minimum absolute atomic E-state index is 0.0164. The number of unbranched alkanes of at least 4 members (excludes halogenated alkanes) is 7. The van der Waals surface area contributed by atoms with Crippen molar-refractivity contribution < 1.29 is 37.3 Å². The maximum atomic E-state index is 12.5. The lowest BCUT2D eigenvalue weighted by Gasteiger charge is -2.28. The Morgan fingerprint density at radius 3 is 1.98 bits per heavy atom. The summed E-state index contributed by atoms with van der Waals surface area (Å²) in [7, 11) is 1.32. The van der Waals surface area contributed by atoms with E-state index in [-0.39, 0.29) is 32.2 Å². The van der Waals surface area contributed by atoms with Crippen molar-refractivity contribution in [2.45, 2.75) is 110 Å². The standard InChI is InChI=1S/C34H62NO7P/c1-6-8-10-12-14-15-16-17-18-19-20-21-22-23-25-27-34(36)42-33(31-39-29-26-24-13-11-9-7-2)32-41-43(37,38)40-30-28-35(3,4)5/h8,10,14-15,17-18,20-21,33H,6-7,9,11-13,16,19,22-32H2,1-5H3/b10-8-,15-14-,18-17-,21-20-. The van der Waals surface area contributed by atoms with E-state index in [2.05, 4.69) is 62.5 Å². The molecular weight excluding hydrogens is 565 g/mol. The van der Waals surface area contributed by atoms with Crippen molar-refractivity contribution in [3.63, 3.8) is 0 Å². The number of likely N-dealkylation sites (N-methyl/N-ethyl adjacent to an activating group) is 1. The maximum absolute atomic E-state index is 12.5. The van der Waals surface area contributed by atoms with Crippen LogP contribution in [0.5, 0.6) is 0 Å². The van der Waals surface area contributed by atoms with Crippen LogP contribution in [0.4, 0.5) is 0 Å². The number of hydrogen-bond acceptors (Lipinski definition) is 7. The van der Waals surface area contributed by atoms with Crippen LogP contribution >= 0.6 is 7.82 Å². The van der Waals surface area contributed by atoms with E-state index >= 15 is 0 Å². The number of nitrogens with zero attached hydrogens (tertiary/aromatic N) is 1. The minimum atomic E-state index is -4.52. The highest BCUT2D eigenvalue weighted by Crippen LogP contribution is 2.38. The number of hydrogen-bond donors (Lipinski definition) is 0. The number of carbonyl (C=O) groups is 1. The molecule has 0 aromatic carbocycles. The predicted molar refractivity (Wildman–Crippen MR) is 176 cm³/mol. The van der Waals surface area contributed by atoms with Gasteiger partial charge in [0.25, 0.3) is 7.82 Å². The molecule has 43 heavy (non-hydrogen) atoms. The Hall–Kier alpha value is -1.54. The molecule has 9 heteroatoms. The molecule has 0 aliphatic carbocycles. The van der Waals surface area contributed by atoms with Gasteiger partial charge >= 0.3 is 5.97 Å². The molecule has 0 amide bonds. The van der Waals surface area contributed by atoms with Gasteiger partial charge in [0.05, 0.1) is 34.4 Å². The number of phosphoric acid groups is 1. The number of allylic oxidation sites excluding steroid dienone is 8. The van der Waals surface area contributed by atoms with E-state index in [1.54, 1.807) is 0 Å². The summed E-state index contributed by atoms with van der Waals surface area (Å²) >= 11 is 0. The van der Waals surface area contributed by atoms with E-state index in [0.29, 0.717) is 24.1 Å². The summed E-state index contributed by atoms with van der Waals surface area (Å²) < 4.78 is 34.1. The number of phosphoric ester groups is 1. The Morgan fingerprint density at radius 1 is 0.744 bits per heavy atom. The van der Waals surface area contributed by atoms with Crippen LogP contribution in [-0.2, 0) is 27.9 Å². The first kappa shape index (κ1) is 41.5. The number of esters is 1. The summed E-state index contributed by atoms with van der Waals surface area (Å²) in [6.07, 6.45) is 30.0. The third-order valence-electron chi connectivity index (χ3n) is 6.39. The molecule has 2 atom stereocenters. The molecule has 0 heterocycles. The Bertz CT molecular complexity index is 833. The van der Waals surface area contributed by atoms with E-state index in [0.717, 1.165) is 51.4 Å². The van der Waals surface area contributed by atoms with Crippen LogP contribution in [-0.4, -0.2) is 70.7 Å². The zero-order chi connectivity index (χ0) is 32.1. The van der Waals surface area contributed by atoms with Crippen LogP contribution in [0.25, 0.3) is 0 Å². The van der Waals surface area contributed by atoms with Crippen LogP contribution in [0.1, 0.15) is 104 Å². The predicted octanol–water partition coefficient (Wildman–Crippen LogP) is 7.85. The van der Waals surface area contributed by atoms with Crippen LogP contribution in [0.3, 0.4) is 0 Å². The highest BCUT2D eigenvalue weighted by atomic mass is 31.2. The zero-order valence-corrected chi connectivity index (χ0v) is 28.8. The third kappa shape index (κ3) is 31.7. The van der Waals surface area contributed by atoms with Crippen molar-refractivity contribution in [2.75, 3.05) is 54.1 Å². The Labute approximate surface area is 263 Å². The zero-order valence-electron chi connectivity index (χ0n) is 27.9. The fourth-order valence-corrected chi connectivity index (χ4v) is 4.56. The molecule has 0 fully saturated rings. The molecular formula is C34H62NO7P. The van der Waals surface area contributed by atoms with Crippen LogP contribution < -0.4 is 4.89 Å². The van der Waals surface area contributed by atoms with Crippen molar-refractivity contribution in [1.29, 1.82) is 0 Å². The highest BCUT2D eigenvalue weighted by Gasteiger charge is 2.20. The van der Waals surface area contributed by atoms with E-state index in [1.165, 1.54) is 25.7 Å². The Balaban J connectivity index is 4.40. The quantitative estimate of drug-likeness (QED) is 0.0274. The van der Waals surface area contributed by atoms with Crippen LogP contribution in [0.2, 0.25) is 0 Å². The molecule has 0 saturated heterocycles. The average Bonchev–Trinajstić information content (AvgIpc) is 2.94. The SMILES string of the molecule is CC/C=C\C/C=C\C/C=C\C/C=C\CCCCC(=O)OC(COCCCCCCCC)COP(=O)([O-])OCC[N+](C)(C)C. The first-order chi connectivity index (χ1) is 20.6. The van der Waals surface area contributed by atoms with E-state index in [4.69, 9.17) is 18.5 Å². The molecule has 250 valence electrons. The first-order valence-electron chi connectivity index (χ1n) is 16.4.